The number of hydrogen-bond acceptors (Lipinski definition) is 2. The van der Waals surface area contributed by atoms with Crippen molar-refractivity contribution >= 4 is 27.9 Å². The lowest BCUT2D eigenvalue weighted by Gasteiger charge is -2.13. The summed E-state index contributed by atoms with van der Waals surface area (Å²) in [4.78, 5) is 22.4. The molecule has 0 unspecified atom stereocenters. The molecule has 0 saturated heterocycles. The van der Waals surface area contributed by atoms with Crippen molar-refractivity contribution in [2.24, 2.45) is 0 Å². The Bertz CT molecular complexity index is 786. The zero-order chi connectivity index (χ0) is 17.1. The first kappa shape index (κ1) is 17.1. The fraction of sp³-hybridized carbons (Fsp3) is 0.176. The molecule has 0 aliphatic rings. The summed E-state index contributed by atoms with van der Waals surface area (Å²) in [5.74, 6) is -2.69. The lowest BCUT2D eigenvalue weighted by atomic mass is 9.93. The molecule has 0 bridgehead atoms. The van der Waals surface area contributed by atoms with Crippen molar-refractivity contribution in [2.45, 2.75) is 18.7 Å². The number of aromatic carboxylic acids is 2. The number of hydrogen-bond donors (Lipinski definition) is 2. The minimum atomic E-state index is -1.19. The maximum atomic E-state index is 13.7. The molecule has 0 saturated carbocycles. The molecule has 0 radical (unpaired) electrons. The van der Waals surface area contributed by atoms with Crippen LogP contribution in [0.2, 0.25) is 0 Å². The molecule has 4 nitrogen and oxygen atoms in total. The summed E-state index contributed by atoms with van der Waals surface area (Å²) in [6, 6.07) is 6.97. The number of alkyl halides is 1. The first-order valence-electron chi connectivity index (χ1n) is 6.77. The van der Waals surface area contributed by atoms with E-state index in [1.165, 1.54) is 18.2 Å². The van der Waals surface area contributed by atoms with Crippen LogP contribution in [0.25, 0.3) is 0 Å². The van der Waals surface area contributed by atoms with Crippen LogP contribution < -0.4 is 0 Å². The van der Waals surface area contributed by atoms with E-state index >= 15 is 0 Å². The van der Waals surface area contributed by atoms with Gasteiger partial charge in [0.25, 0.3) is 0 Å². The predicted molar refractivity (Wildman–Crippen MR) is 86.9 cm³/mol. The zero-order valence-electron chi connectivity index (χ0n) is 12.3. The number of carbonyl (C=O) groups is 2. The molecule has 0 amide bonds. The topological polar surface area (TPSA) is 74.6 Å². The molecule has 0 heterocycles. The highest BCUT2D eigenvalue weighted by Crippen LogP contribution is 2.25. The summed E-state index contributed by atoms with van der Waals surface area (Å²) in [6.45, 7) is 1.67. The molecule has 0 atom stereocenters. The largest absolute Gasteiger partial charge is 0.478 e. The van der Waals surface area contributed by atoms with Crippen molar-refractivity contribution in [3.63, 3.8) is 0 Å². The average molecular weight is 381 g/mol. The van der Waals surface area contributed by atoms with Crippen molar-refractivity contribution in [1.82, 2.24) is 0 Å². The minimum Gasteiger partial charge on any atom is -0.478 e. The molecule has 23 heavy (non-hydrogen) atoms. The third-order valence-electron chi connectivity index (χ3n) is 3.73. The molecule has 0 aliphatic carbocycles. The summed E-state index contributed by atoms with van der Waals surface area (Å²) >= 11 is 3.32. The van der Waals surface area contributed by atoms with E-state index in [0.717, 1.165) is 17.2 Å². The third-order valence-corrected chi connectivity index (χ3v) is 4.29. The summed E-state index contributed by atoms with van der Waals surface area (Å²) in [7, 11) is 0. The zero-order valence-corrected chi connectivity index (χ0v) is 13.9. The molecule has 2 aromatic rings. The van der Waals surface area contributed by atoms with Crippen LogP contribution in [0.3, 0.4) is 0 Å². The first-order valence-corrected chi connectivity index (χ1v) is 7.89. The summed E-state index contributed by atoms with van der Waals surface area (Å²) in [5, 5.41) is 18.7. The molecule has 120 valence electrons. The fourth-order valence-corrected chi connectivity index (χ4v) is 3.18. The summed E-state index contributed by atoms with van der Waals surface area (Å²) in [5.41, 5.74) is 2.42. The van der Waals surface area contributed by atoms with Crippen LogP contribution in [0.5, 0.6) is 0 Å². The molecular weight excluding hydrogens is 367 g/mol. The second-order valence-electron chi connectivity index (χ2n) is 5.10. The van der Waals surface area contributed by atoms with E-state index < -0.39 is 11.9 Å². The number of rotatable bonds is 5. The Hall–Kier alpha value is -2.21. The third kappa shape index (κ3) is 3.59. The normalized spacial score (nSPS) is 10.6. The first-order chi connectivity index (χ1) is 10.8. The Balaban J connectivity index is 2.50. The molecule has 0 fully saturated rings. The molecule has 2 N–H and O–H groups in total. The van der Waals surface area contributed by atoms with Gasteiger partial charge in [0.05, 0.1) is 11.1 Å². The maximum absolute atomic E-state index is 13.7. The van der Waals surface area contributed by atoms with Gasteiger partial charge in [-0.05, 0) is 53.8 Å². The van der Waals surface area contributed by atoms with E-state index in [2.05, 4.69) is 15.9 Å². The predicted octanol–water partition coefficient (Wildman–Crippen LogP) is 4.02. The van der Waals surface area contributed by atoms with Crippen LogP contribution >= 0.6 is 15.9 Å². The van der Waals surface area contributed by atoms with Gasteiger partial charge >= 0.3 is 11.9 Å². The van der Waals surface area contributed by atoms with Crippen molar-refractivity contribution in [3.05, 3.63) is 69.5 Å². The second-order valence-corrected chi connectivity index (χ2v) is 5.66. The Morgan fingerprint density at radius 2 is 1.74 bits per heavy atom. The van der Waals surface area contributed by atoms with Gasteiger partial charge in [-0.3, -0.25) is 0 Å². The van der Waals surface area contributed by atoms with Crippen LogP contribution in [0, 0.1) is 12.7 Å². The van der Waals surface area contributed by atoms with E-state index in [4.69, 9.17) is 5.11 Å². The molecule has 6 heteroatoms. The van der Waals surface area contributed by atoms with E-state index in [0.29, 0.717) is 16.5 Å². The van der Waals surface area contributed by atoms with Crippen LogP contribution in [-0.4, -0.2) is 22.2 Å². The molecule has 2 rings (SSSR count). The van der Waals surface area contributed by atoms with Crippen molar-refractivity contribution < 1.29 is 24.2 Å². The summed E-state index contributed by atoms with van der Waals surface area (Å²) < 4.78 is 13.7. The number of carboxylic acids is 2. The standard InChI is InChI=1S/C17H14BrFO4/c1-9-14(8-18)11(4-5-15(9)19)6-10-2-3-12(16(20)21)7-13(10)17(22)23/h2-5,7H,6,8H2,1H3,(H,20,21)(H,22,23). The molecular formula is C17H14BrFO4. The molecule has 0 aliphatic heterocycles. The molecule has 0 aromatic heterocycles. The van der Waals surface area contributed by atoms with Gasteiger partial charge in [0, 0.05) is 5.33 Å². The van der Waals surface area contributed by atoms with E-state index in [-0.39, 0.29) is 23.4 Å². The van der Waals surface area contributed by atoms with Gasteiger partial charge < -0.3 is 10.2 Å². The highest BCUT2D eigenvalue weighted by Gasteiger charge is 2.16. The quantitative estimate of drug-likeness (QED) is 0.768. The highest BCUT2D eigenvalue weighted by molar-refractivity contribution is 9.08. The number of carboxylic acid groups (broad SMARTS) is 2. The smallest absolute Gasteiger partial charge is 0.336 e. The number of halogens is 2. The van der Waals surface area contributed by atoms with E-state index in [1.54, 1.807) is 13.0 Å². The Kier molecular flexibility index (Phi) is 5.15. The van der Waals surface area contributed by atoms with Crippen LogP contribution in [0.1, 0.15) is 43.0 Å². The van der Waals surface area contributed by atoms with Gasteiger partial charge in [-0.2, -0.15) is 0 Å². The van der Waals surface area contributed by atoms with Crippen molar-refractivity contribution in [2.75, 3.05) is 0 Å². The van der Waals surface area contributed by atoms with E-state index in [1.807, 2.05) is 0 Å². The van der Waals surface area contributed by atoms with Gasteiger partial charge in [-0.1, -0.05) is 28.1 Å². The van der Waals surface area contributed by atoms with Crippen molar-refractivity contribution in [3.8, 4) is 0 Å². The van der Waals surface area contributed by atoms with Crippen LogP contribution in [-0.2, 0) is 11.8 Å². The van der Waals surface area contributed by atoms with Gasteiger partial charge in [-0.15, -0.1) is 0 Å². The Labute approximate surface area is 140 Å². The van der Waals surface area contributed by atoms with Gasteiger partial charge in [-0.25, -0.2) is 14.0 Å². The Morgan fingerprint density at radius 3 is 2.30 bits per heavy atom. The number of benzene rings is 2. The van der Waals surface area contributed by atoms with Crippen molar-refractivity contribution in [1.29, 1.82) is 0 Å². The van der Waals surface area contributed by atoms with Crippen LogP contribution in [0.15, 0.2) is 30.3 Å². The van der Waals surface area contributed by atoms with Gasteiger partial charge in [0.1, 0.15) is 5.82 Å². The lowest BCUT2D eigenvalue weighted by Crippen LogP contribution is -2.08. The summed E-state index contributed by atoms with van der Waals surface area (Å²) in [6.07, 6.45) is 0.281. The SMILES string of the molecule is Cc1c(F)ccc(Cc2ccc(C(=O)O)cc2C(=O)O)c1CBr. The van der Waals surface area contributed by atoms with E-state index in [9.17, 15) is 19.1 Å². The molecule has 0 spiro atoms. The average Bonchev–Trinajstić information content (AvgIpc) is 2.51. The highest BCUT2D eigenvalue weighted by atomic mass is 79.9. The van der Waals surface area contributed by atoms with Gasteiger partial charge in [0.15, 0.2) is 0 Å². The lowest BCUT2D eigenvalue weighted by molar-refractivity contribution is 0.0695. The van der Waals surface area contributed by atoms with Crippen LogP contribution in [0.4, 0.5) is 4.39 Å². The maximum Gasteiger partial charge on any atom is 0.336 e. The minimum absolute atomic E-state index is 0.0626. The second kappa shape index (κ2) is 6.91. The fourth-order valence-electron chi connectivity index (χ4n) is 2.40. The Morgan fingerprint density at radius 1 is 1.09 bits per heavy atom. The monoisotopic (exact) mass is 380 g/mol. The van der Waals surface area contributed by atoms with Gasteiger partial charge in [0.2, 0.25) is 0 Å². The molecule has 2 aromatic carbocycles.